The second kappa shape index (κ2) is 9.01. The average Bonchev–Trinajstić information content (AvgIpc) is 2.05. The van der Waals surface area contributed by atoms with Crippen molar-refractivity contribution in [1.82, 2.24) is 0 Å². The highest BCUT2D eigenvalue weighted by atomic mass is 16.5. The summed E-state index contributed by atoms with van der Waals surface area (Å²) in [5, 5.41) is 10.1. The molecular formula is C10H21O2. The van der Waals surface area contributed by atoms with Gasteiger partial charge in [-0.25, -0.2) is 5.11 Å². The Labute approximate surface area is 75.9 Å². The van der Waals surface area contributed by atoms with Crippen molar-refractivity contribution in [2.24, 2.45) is 0 Å². The van der Waals surface area contributed by atoms with Gasteiger partial charge in [0, 0.05) is 6.61 Å². The Bertz CT molecular complexity index is 83.9. The van der Waals surface area contributed by atoms with Crippen LogP contribution in [-0.2, 0) is 9.84 Å². The maximum atomic E-state index is 10.1. The quantitative estimate of drug-likeness (QED) is 0.519. The highest BCUT2D eigenvalue weighted by Crippen LogP contribution is 2.03. The first-order chi connectivity index (χ1) is 5.81. The fourth-order valence-corrected chi connectivity index (χ4v) is 1.16. The second-order valence-corrected chi connectivity index (χ2v) is 3.23. The first kappa shape index (κ1) is 11.9. The van der Waals surface area contributed by atoms with Crippen molar-refractivity contribution in [2.75, 3.05) is 13.2 Å². The number of ether oxygens (including phenoxy) is 1. The van der Waals surface area contributed by atoms with E-state index in [0.717, 1.165) is 32.3 Å². The third kappa shape index (κ3) is 8.02. The largest absolute Gasteiger partial charge is 0.379 e. The Morgan fingerprint density at radius 3 is 2.58 bits per heavy atom. The number of rotatable bonds is 8. The average molecular weight is 173 g/mol. The lowest BCUT2D eigenvalue weighted by molar-refractivity contribution is 0.0559. The molecule has 1 unspecified atom stereocenters. The van der Waals surface area contributed by atoms with Gasteiger partial charge in [0.2, 0.25) is 0 Å². The molecule has 0 rings (SSSR count). The molecule has 73 valence electrons. The molecule has 2 heteroatoms. The van der Waals surface area contributed by atoms with Gasteiger partial charge >= 0.3 is 0 Å². The molecule has 0 fully saturated rings. The summed E-state index contributed by atoms with van der Waals surface area (Å²) in [5.41, 5.74) is 0. The lowest BCUT2D eigenvalue weighted by atomic mass is 10.2. The van der Waals surface area contributed by atoms with Gasteiger partial charge in [-0.15, -0.1) is 0 Å². The minimum Gasteiger partial charge on any atom is -0.379 e. The molecule has 0 aliphatic rings. The maximum Gasteiger partial charge on any atom is 0.0822 e. The Balaban J connectivity index is 2.97. The van der Waals surface area contributed by atoms with Crippen LogP contribution in [0.25, 0.3) is 0 Å². The zero-order chi connectivity index (χ0) is 9.23. The van der Waals surface area contributed by atoms with Crippen molar-refractivity contribution >= 4 is 0 Å². The highest BCUT2D eigenvalue weighted by molar-refractivity contribution is 4.48. The minimum absolute atomic E-state index is 0.0600. The van der Waals surface area contributed by atoms with Crippen LogP contribution >= 0.6 is 0 Å². The van der Waals surface area contributed by atoms with Gasteiger partial charge in [0.15, 0.2) is 0 Å². The van der Waals surface area contributed by atoms with Crippen molar-refractivity contribution in [3.63, 3.8) is 0 Å². The zero-order valence-corrected chi connectivity index (χ0v) is 8.34. The van der Waals surface area contributed by atoms with Gasteiger partial charge in [0.25, 0.3) is 0 Å². The molecule has 0 heterocycles. The van der Waals surface area contributed by atoms with Crippen molar-refractivity contribution in [1.29, 1.82) is 0 Å². The summed E-state index contributed by atoms with van der Waals surface area (Å²) in [6.07, 6.45) is 5.57. The topological polar surface area (TPSA) is 29.1 Å². The summed E-state index contributed by atoms with van der Waals surface area (Å²) in [6.45, 7) is 5.15. The van der Waals surface area contributed by atoms with Crippen LogP contribution in [0.3, 0.4) is 0 Å². The Morgan fingerprint density at radius 2 is 2.00 bits per heavy atom. The van der Waals surface area contributed by atoms with Crippen molar-refractivity contribution in [3.8, 4) is 0 Å². The van der Waals surface area contributed by atoms with E-state index in [1.54, 1.807) is 0 Å². The summed E-state index contributed by atoms with van der Waals surface area (Å²) >= 11 is 0. The third-order valence-electron chi connectivity index (χ3n) is 1.89. The lowest BCUT2D eigenvalue weighted by Crippen LogP contribution is -2.08. The van der Waals surface area contributed by atoms with Crippen molar-refractivity contribution in [2.45, 2.75) is 52.1 Å². The Hall–Kier alpha value is -0.0800. The molecule has 0 aliphatic carbocycles. The molecule has 0 aromatic rings. The molecular weight excluding hydrogens is 152 g/mol. The molecule has 0 spiro atoms. The van der Waals surface area contributed by atoms with Crippen LogP contribution in [0.1, 0.15) is 46.0 Å². The van der Waals surface area contributed by atoms with E-state index in [2.05, 4.69) is 13.8 Å². The molecule has 0 saturated carbocycles. The van der Waals surface area contributed by atoms with Crippen LogP contribution in [-0.4, -0.2) is 19.3 Å². The molecule has 0 aliphatic heterocycles. The maximum absolute atomic E-state index is 10.1. The van der Waals surface area contributed by atoms with E-state index in [4.69, 9.17) is 4.74 Å². The van der Waals surface area contributed by atoms with Crippen molar-refractivity contribution < 1.29 is 9.84 Å². The first-order valence-electron chi connectivity index (χ1n) is 5.01. The van der Waals surface area contributed by atoms with Gasteiger partial charge in [-0.2, -0.15) is 0 Å². The summed E-state index contributed by atoms with van der Waals surface area (Å²) < 4.78 is 5.53. The van der Waals surface area contributed by atoms with Crippen LogP contribution in [0.4, 0.5) is 0 Å². The number of hydrogen-bond donors (Lipinski definition) is 0. The molecule has 2 nitrogen and oxygen atoms in total. The van der Waals surface area contributed by atoms with E-state index >= 15 is 0 Å². The normalized spacial score (nSPS) is 13.2. The summed E-state index contributed by atoms with van der Waals surface area (Å²) in [4.78, 5) is 0. The van der Waals surface area contributed by atoms with E-state index in [0.29, 0.717) is 6.10 Å². The molecule has 1 atom stereocenters. The van der Waals surface area contributed by atoms with Crippen LogP contribution in [0.5, 0.6) is 0 Å². The van der Waals surface area contributed by atoms with E-state index in [-0.39, 0.29) is 6.61 Å². The molecule has 0 N–H and O–H groups in total. The van der Waals surface area contributed by atoms with E-state index < -0.39 is 0 Å². The first-order valence-corrected chi connectivity index (χ1v) is 5.01. The molecule has 1 radical (unpaired) electrons. The number of unbranched alkanes of at least 4 members (excludes halogenated alkanes) is 2. The van der Waals surface area contributed by atoms with Gasteiger partial charge in [-0.3, -0.25) is 0 Å². The minimum atomic E-state index is 0.0600. The van der Waals surface area contributed by atoms with Crippen LogP contribution in [0, 0.1) is 0 Å². The molecule has 0 saturated heterocycles. The van der Waals surface area contributed by atoms with Gasteiger partial charge < -0.3 is 4.74 Å². The predicted molar refractivity (Wildman–Crippen MR) is 49.7 cm³/mol. The molecule has 0 aromatic heterocycles. The van der Waals surface area contributed by atoms with Crippen molar-refractivity contribution in [3.05, 3.63) is 0 Å². The van der Waals surface area contributed by atoms with Crippen LogP contribution in [0.2, 0.25) is 0 Å². The standard InChI is InChI=1S/C10H21O2/c1-3-7-10(2)12-9-6-4-5-8-11/h10H,3-9H2,1-2H3. The third-order valence-corrected chi connectivity index (χ3v) is 1.89. The van der Waals surface area contributed by atoms with Gasteiger partial charge in [0.05, 0.1) is 12.7 Å². The lowest BCUT2D eigenvalue weighted by Gasteiger charge is -2.10. The second-order valence-electron chi connectivity index (χ2n) is 3.23. The molecule has 0 bridgehead atoms. The predicted octanol–water partition coefficient (Wildman–Crippen LogP) is 2.79. The monoisotopic (exact) mass is 173 g/mol. The van der Waals surface area contributed by atoms with Gasteiger partial charge in [-0.05, 0) is 32.6 Å². The molecule has 0 aromatic carbocycles. The van der Waals surface area contributed by atoms with E-state index in [1.165, 1.54) is 6.42 Å². The SMILES string of the molecule is CCCC(C)OCCCCC[O]. The van der Waals surface area contributed by atoms with E-state index in [1.807, 2.05) is 0 Å². The van der Waals surface area contributed by atoms with Crippen LogP contribution < -0.4 is 0 Å². The van der Waals surface area contributed by atoms with E-state index in [9.17, 15) is 5.11 Å². The Kier molecular flexibility index (Phi) is 8.95. The fourth-order valence-electron chi connectivity index (χ4n) is 1.16. The van der Waals surface area contributed by atoms with Crippen LogP contribution in [0.15, 0.2) is 0 Å². The zero-order valence-electron chi connectivity index (χ0n) is 8.34. The van der Waals surface area contributed by atoms with Gasteiger partial charge in [-0.1, -0.05) is 13.3 Å². The summed E-state index contributed by atoms with van der Waals surface area (Å²) in [6, 6.07) is 0. The fraction of sp³-hybridized carbons (Fsp3) is 1.00. The smallest absolute Gasteiger partial charge is 0.0822 e. The Morgan fingerprint density at radius 1 is 1.25 bits per heavy atom. The molecule has 0 amide bonds. The summed E-state index contributed by atoms with van der Waals surface area (Å²) in [7, 11) is 0. The summed E-state index contributed by atoms with van der Waals surface area (Å²) in [5.74, 6) is 0. The highest BCUT2D eigenvalue weighted by Gasteiger charge is 1.98. The molecule has 12 heavy (non-hydrogen) atoms. The van der Waals surface area contributed by atoms with Gasteiger partial charge in [0.1, 0.15) is 0 Å². The number of hydrogen-bond acceptors (Lipinski definition) is 1.